The van der Waals surface area contributed by atoms with Crippen molar-refractivity contribution in [1.82, 2.24) is 0 Å². The van der Waals surface area contributed by atoms with Gasteiger partial charge in [-0.1, -0.05) is 17.7 Å². The van der Waals surface area contributed by atoms with Gasteiger partial charge in [0.2, 0.25) is 0 Å². The highest BCUT2D eigenvalue weighted by atomic mass is 16.7. The molecule has 0 radical (unpaired) electrons. The predicted octanol–water partition coefficient (Wildman–Crippen LogP) is 3.59. The Labute approximate surface area is 127 Å². The van der Waals surface area contributed by atoms with E-state index in [0.29, 0.717) is 13.0 Å². The van der Waals surface area contributed by atoms with Gasteiger partial charge in [0.25, 0.3) is 0 Å². The van der Waals surface area contributed by atoms with E-state index in [9.17, 15) is 0 Å². The summed E-state index contributed by atoms with van der Waals surface area (Å²) in [6.07, 6.45) is 3.39. The molecular formula is C17H26O4. The van der Waals surface area contributed by atoms with Gasteiger partial charge in [-0.3, -0.25) is 0 Å². The summed E-state index contributed by atoms with van der Waals surface area (Å²) < 4.78 is 21.6. The molecule has 4 heteroatoms. The highest BCUT2D eigenvalue weighted by molar-refractivity contribution is 5.46. The van der Waals surface area contributed by atoms with E-state index in [-0.39, 0.29) is 6.29 Å². The van der Waals surface area contributed by atoms with Gasteiger partial charge >= 0.3 is 0 Å². The first-order chi connectivity index (χ1) is 10.1. The Morgan fingerprint density at radius 3 is 2.33 bits per heavy atom. The van der Waals surface area contributed by atoms with Crippen LogP contribution in [-0.2, 0) is 15.9 Å². The molecule has 1 aromatic carbocycles. The molecule has 0 fully saturated rings. The normalized spacial score (nSPS) is 10.6. The van der Waals surface area contributed by atoms with E-state index in [0.717, 1.165) is 23.5 Å². The molecule has 0 spiro atoms. The molecule has 1 rings (SSSR count). The fourth-order valence-corrected chi connectivity index (χ4v) is 1.98. The molecule has 1 aromatic rings. The zero-order valence-electron chi connectivity index (χ0n) is 13.6. The molecule has 0 saturated carbocycles. The first-order valence-electron chi connectivity index (χ1n) is 7.10. The molecule has 0 amide bonds. The topological polar surface area (TPSA) is 36.9 Å². The summed E-state index contributed by atoms with van der Waals surface area (Å²) in [6, 6.07) is 5.85. The molecule has 21 heavy (non-hydrogen) atoms. The van der Waals surface area contributed by atoms with E-state index < -0.39 is 0 Å². The fourth-order valence-electron chi connectivity index (χ4n) is 1.98. The Hall–Kier alpha value is -1.52. The Morgan fingerprint density at radius 1 is 1.10 bits per heavy atom. The van der Waals surface area contributed by atoms with Crippen LogP contribution in [0, 0.1) is 0 Å². The van der Waals surface area contributed by atoms with Crippen LogP contribution in [0.25, 0.3) is 0 Å². The van der Waals surface area contributed by atoms with Crippen molar-refractivity contribution < 1.29 is 18.9 Å². The highest BCUT2D eigenvalue weighted by Crippen LogP contribution is 2.29. The number of benzene rings is 1. The van der Waals surface area contributed by atoms with E-state index in [2.05, 4.69) is 19.9 Å². The van der Waals surface area contributed by atoms with Gasteiger partial charge in [-0.05, 0) is 32.4 Å². The Bertz CT molecular complexity index is 446. The maximum atomic E-state index is 5.88. The van der Waals surface area contributed by atoms with E-state index in [1.54, 1.807) is 21.3 Å². The molecule has 0 atom stereocenters. The van der Waals surface area contributed by atoms with Crippen LogP contribution in [0.2, 0.25) is 0 Å². The molecule has 0 saturated heterocycles. The third kappa shape index (κ3) is 5.78. The predicted molar refractivity (Wildman–Crippen MR) is 84.0 cm³/mol. The zero-order chi connectivity index (χ0) is 15.7. The van der Waals surface area contributed by atoms with Gasteiger partial charge in [0.15, 0.2) is 6.29 Å². The van der Waals surface area contributed by atoms with E-state index in [1.807, 2.05) is 18.2 Å². The lowest BCUT2D eigenvalue weighted by atomic mass is 10.1. The van der Waals surface area contributed by atoms with E-state index in [4.69, 9.17) is 18.9 Å². The van der Waals surface area contributed by atoms with Gasteiger partial charge in [-0.25, -0.2) is 0 Å². The lowest BCUT2D eigenvalue weighted by Gasteiger charge is -2.16. The molecule has 0 heterocycles. The van der Waals surface area contributed by atoms with Crippen molar-refractivity contribution in [3.8, 4) is 11.5 Å². The number of methoxy groups -OCH3 is 3. The van der Waals surface area contributed by atoms with Crippen molar-refractivity contribution in [2.45, 2.75) is 33.0 Å². The van der Waals surface area contributed by atoms with Crippen molar-refractivity contribution in [2.24, 2.45) is 0 Å². The number of hydrogen-bond donors (Lipinski definition) is 0. The maximum absolute atomic E-state index is 5.88. The third-order valence-corrected chi connectivity index (χ3v) is 3.16. The van der Waals surface area contributed by atoms with E-state index >= 15 is 0 Å². The summed E-state index contributed by atoms with van der Waals surface area (Å²) in [4.78, 5) is 0. The van der Waals surface area contributed by atoms with Gasteiger partial charge in [0, 0.05) is 26.2 Å². The van der Waals surface area contributed by atoms with Crippen molar-refractivity contribution in [1.29, 1.82) is 0 Å². The number of rotatable bonds is 9. The summed E-state index contributed by atoms with van der Waals surface area (Å²) in [6.45, 7) is 4.69. The van der Waals surface area contributed by atoms with Crippen LogP contribution in [-0.4, -0.2) is 34.2 Å². The minimum absolute atomic E-state index is 0.239. The Balaban J connectivity index is 2.78. The SMILES string of the molecule is COc1cccc(OCCC(OC)OC)c1CC=C(C)C. The lowest BCUT2D eigenvalue weighted by molar-refractivity contribution is -0.110. The van der Waals surface area contributed by atoms with Crippen LogP contribution in [0.1, 0.15) is 25.8 Å². The average Bonchev–Trinajstić information content (AvgIpc) is 2.49. The van der Waals surface area contributed by atoms with Crippen LogP contribution in [0.4, 0.5) is 0 Å². The minimum atomic E-state index is -0.239. The average molecular weight is 294 g/mol. The Morgan fingerprint density at radius 2 is 1.76 bits per heavy atom. The van der Waals surface area contributed by atoms with Crippen molar-refractivity contribution in [3.63, 3.8) is 0 Å². The first kappa shape index (κ1) is 17.5. The van der Waals surface area contributed by atoms with Crippen molar-refractivity contribution in [2.75, 3.05) is 27.9 Å². The highest BCUT2D eigenvalue weighted by Gasteiger charge is 2.11. The second kappa shape index (κ2) is 9.42. The zero-order valence-corrected chi connectivity index (χ0v) is 13.6. The first-order valence-corrected chi connectivity index (χ1v) is 7.10. The van der Waals surface area contributed by atoms with Gasteiger partial charge in [0.1, 0.15) is 11.5 Å². The van der Waals surface area contributed by atoms with Crippen molar-refractivity contribution in [3.05, 3.63) is 35.4 Å². The maximum Gasteiger partial charge on any atom is 0.160 e. The lowest BCUT2D eigenvalue weighted by Crippen LogP contribution is -2.17. The monoisotopic (exact) mass is 294 g/mol. The van der Waals surface area contributed by atoms with Crippen molar-refractivity contribution >= 4 is 0 Å². The van der Waals surface area contributed by atoms with Crippen LogP contribution in [0.15, 0.2) is 29.8 Å². The molecular weight excluding hydrogens is 268 g/mol. The molecule has 0 aromatic heterocycles. The summed E-state index contributed by atoms with van der Waals surface area (Å²) in [7, 11) is 4.93. The van der Waals surface area contributed by atoms with Crippen LogP contribution < -0.4 is 9.47 Å². The number of hydrogen-bond acceptors (Lipinski definition) is 4. The molecule has 4 nitrogen and oxygen atoms in total. The quantitative estimate of drug-likeness (QED) is 0.515. The van der Waals surface area contributed by atoms with Crippen LogP contribution in [0.3, 0.4) is 0 Å². The molecule has 0 bridgehead atoms. The van der Waals surface area contributed by atoms with Crippen LogP contribution in [0.5, 0.6) is 11.5 Å². The number of ether oxygens (including phenoxy) is 4. The third-order valence-electron chi connectivity index (χ3n) is 3.16. The summed E-state index contributed by atoms with van der Waals surface area (Å²) in [5.41, 5.74) is 2.33. The molecule has 0 N–H and O–H groups in total. The second-order valence-corrected chi connectivity index (χ2v) is 4.96. The molecule has 0 aliphatic carbocycles. The van der Waals surface area contributed by atoms with Gasteiger partial charge in [0.05, 0.1) is 13.7 Å². The second-order valence-electron chi connectivity index (χ2n) is 4.96. The summed E-state index contributed by atoms with van der Waals surface area (Å²) >= 11 is 0. The van der Waals surface area contributed by atoms with E-state index in [1.165, 1.54) is 5.57 Å². The standard InChI is InChI=1S/C17H26O4/c1-13(2)9-10-14-15(18-3)7-6-8-16(14)21-12-11-17(19-4)20-5/h6-9,17H,10-12H2,1-5H3. The minimum Gasteiger partial charge on any atom is -0.496 e. The van der Waals surface area contributed by atoms with Crippen LogP contribution >= 0.6 is 0 Å². The smallest absolute Gasteiger partial charge is 0.160 e. The molecule has 0 unspecified atom stereocenters. The van der Waals surface area contributed by atoms with Gasteiger partial charge < -0.3 is 18.9 Å². The van der Waals surface area contributed by atoms with Gasteiger partial charge in [-0.2, -0.15) is 0 Å². The summed E-state index contributed by atoms with van der Waals surface area (Å²) in [5.74, 6) is 1.69. The Kier molecular flexibility index (Phi) is 7.87. The van der Waals surface area contributed by atoms with Gasteiger partial charge in [-0.15, -0.1) is 0 Å². The largest absolute Gasteiger partial charge is 0.496 e. The number of allylic oxidation sites excluding steroid dienone is 2. The fraction of sp³-hybridized carbons (Fsp3) is 0.529. The summed E-state index contributed by atoms with van der Waals surface area (Å²) in [5, 5.41) is 0. The molecule has 0 aliphatic rings. The molecule has 0 aliphatic heterocycles. The molecule has 118 valence electrons.